The highest BCUT2D eigenvalue weighted by molar-refractivity contribution is 5.87. The minimum atomic E-state index is -0.928. The molecule has 150 valence electrons. The molecule has 29 heavy (non-hydrogen) atoms. The number of nitrogens with one attached hydrogen (secondary N) is 1. The van der Waals surface area contributed by atoms with Crippen molar-refractivity contribution >= 4 is 22.8 Å². The Morgan fingerprint density at radius 3 is 2.69 bits per heavy atom. The number of hydrogen-bond acceptors (Lipinski definition) is 2. The SMILES string of the molecule is Cc1ccc(CC(=O)N[C@@H]2CCc3c(c4cc(F)ccc4n3CC(=O)O)C2)cc1. The summed E-state index contributed by atoms with van der Waals surface area (Å²) in [6.07, 6.45) is 2.26. The molecule has 1 atom stereocenters. The number of aromatic nitrogens is 1. The van der Waals surface area contributed by atoms with Gasteiger partial charge in [-0.2, -0.15) is 0 Å². The Balaban J connectivity index is 1.55. The van der Waals surface area contributed by atoms with Crippen molar-refractivity contribution in [2.45, 2.75) is 45.2 Å². The Bertz CT molecular complexity index is 1090. The van der Waals surface area contributed by atoms with E-state index in [9.17, 15) is 19.1 Å². The maximum absolute atomic E-state index is 13.9. The zero-order valence-electron chi connectivity index (χ0n) is 16.2. The van der Waals surface area contributed by atoms with E-state index in [1.54, 1.807) is 10.6 Å². The number of amides is 1. The van der Waals surface area contributed by atoms with Gasteiger partial charge in [0.25, 0.3) is 0 Å². The second kappa shape index (κ2) is 7.70. The molecule has 1 aliphatic rings. The number of benzene rings is 2. The molecular weight excluding hydrogens is 371 g/mol. The molecular formula is C23H23FN2O3. The molecule has 3 aromatic rings. The molecule has 6 heteroatoms. The molecule has 0 fully saturated rings. The van der Waals surface area contributed by atoms with Gasteiger partial charge in [-0.15, -0.1) is 0 Å². The number of fused-ring (bicyclic) bond motifs is 3. The van der Waals surface area contributed by atoms with Crippen LogP contribution >= 0.6 is 0 Å². The maximum atomic E-state index is 13.9. The van der Waals surface area contributed by atoms with E-state index >= 15 is 0 Å². The van der Waals surface area contributed by atoms with Crippen LogP contribution in [-0.2, 0) is 35.4 Å². The lowest BCUT2D eigenvalue weighted by molar-refractivity contribution is -0.137. The minimum absolute atomic E-state index is 0.0391. The lowest BCUT2D eigenvalue weighted by Crippen LogP contribution is -2.39. The number of hydrogen-bond donors (Lipinski definition) is 2. The molecule has 0 saturated carbocycles. The average Bonchev–Trinajstić information content (AvgIpc) is 2.96. The summed E-state index contributed by atoms with van der Waals surface area (Å²) in [5.41, 5.74) is 4.71. The fourth-order valence-corrected chi connectivity index (χ4v) is 4.23. The van der Waals surface area contributed by atoms with Crippen LogP contribution < -0.4 is 5.32 Å². The first-order chi connectivity index (χ1) is 13.9. The Kier molecular flexibility index (Phi) is 5.09. The fourth-order valence-electron chi connectivity index (χ4n) is 4.23. The summed E-state index contributed by atoms with van der Waals surface area (Å²) in [7, 11) is 0. The highest BCUT2D eigenvalue weighted by atomic mass is 19.1. The molecule has 0 aliphatic heterocycles. The van der Waals surface area contributed by atoms with Gasteiger partial charge in [0, 0.05) is 22.6 Å². The second-order valence-electron chi connectivity index (χ2n) is 7.74. The van der Waals surface area contributed by atoms with Gasteiger partial charge < -0.3 is 15.0 Å². The first-order valence-electron chi connectivity index (χ1n) is 9.77. The van der Waals surface area contributed by atoms with E-state index in [0.717, 1.165) is 39.7 Å². The zero-order valence-corrected chi connectivity index (χ0v) is 16.2. The number of rotatable bonds is 5. The van der Waals surface area contributed by atoms with E-state index < -0.39 is 5.97 Å². The molecule has 2 N–H and O–H groups in total. The van der Waals surface area contributed by atoms with E-state index in [4.69, 9.17) is 0 Å². The molecule has 2 aromatic carbocycles. The highest BCUT2D eigenvalue weighted by Crippen LogP contribution is 2.33. The molecule has 0 bridgehead atoms. The third-order valence-corrected chi connectivity index (χ3v) is 5.57. The van der Waals surface area contributed by atoms with Crippen molar-refractivity contribution in [1.29, 1.82) is 0 Å². The molecule has 4 rings (SSSR count). The van der Waals surface area contributed by atoms with Crippen molar-refractivity contribution < 1.29 is 19.1 Å². The Hall–Kier alpha value is -3.15. The van der Waals surface area contributed by atoms with Crippen LogP contribution in [0.4, 0.5) is 4.39 Å². The summed E-state index contributed by atoms with van der Waals surface area (Å²) in [6.45, 7) is 1.86. The number of halogens is 1. The van der Waals surface area contributed by atoms with Gasteiger partial charge in [0.2, 0.25) is 5.91 Å². The number of carboxylic acid groups (broad SMARTS) is 1. The number of aliphatic carboxylic acids is 1. The molecule has 0 unspecified atom stereocenters. The lowest BCUT2D eigenvalue weighted by Gasteiger charge is -2.25. The normalized spacial score (nSPS) is 15.9. The van der Waals surface area contributed by atoms with Gasteiger partial charge in [-0.1, -0.05) is 29.8 Å². The van der Waals surface area contributed by atoms with E-state index in [2.05, 4.69) is 5.32 Å². The van der Waals surface area contributed by atoms with Crippen LogP contribution in [0.15, 0.2) is 42.5 Å². The Labute approximate surface area is 168 Å². The molecule has 5 nitrogen and oxygen atoms in total. The van der Waals surface area contributed by atoms with Crippen LogP contribution in [0.2, 0.25) is 0 Å². The number of nitrogens with zero attached hydrogens (tertiary/aromatic N) is 1. The summed E-state index contributed by atoms with van der Waals surface area (Å²) in [5.74, 6) is -1.32. The Morgan fingerprint density at radius 2 is 1.97 bits per heavy atom. The summed E-state index contributed by atoms with van der Waals surface area (Å²) in [5, 5.41) is 13.1. The summed E-state index contributed by atoms with van der Waals surface area (Å²) in [4.78, 5) is 23.8. The van der Waals surface area contributed by atoms with Crippen molar-refractivity contribution in [2.24, 2.45) is 0 Å². The van der Waals surface area contributed by atoms with Crippen molar-refractivity contribution in [3.63, 3.8) is 0 Å². The molecule has 1 heterocycles. The van der Waals surface area contributed by atoms with Crippen molar-refractivity contribution in [3.8, 4) is 0 Å². The third kappa shape index (κ3) is 4.01. The lowest BCUT2D eigenvalue weighted by atomic mass is 9.91. The van der Waals surface area contributed by atoms with Crippen LogP contribution in [0.25, 0.3) is 10.9 Å². The largest absolute Gasteiger partial charge is 0.480 e. The fraction of sp³-hybridized carbons (Fsp3) is 0.304. The van der Waals surface area contributed by atoms with Gasteiger partial charge in [-0.05, 0) is 55.5 Å². The predicted octanol–water partition coefficient (Wildman–Crippen LogP) is 3.39. The van der Waals surface area contributed by atoms with Gasteiger partial charge >= 0.3 is 5.97 Å². The maximum Gasteiger partial charge on any atom is 0.323 e. The number of carboxylic acids is 1. The molecule has 0 spiro atoms. The number of aryl methyl sites for hydroxylation is 1. The molecule has 0 radical (unpaired) electrons. The van der Waals surface area contributed by atoms with Crippen molar-refractivity contribution in [1.82, 2.24) is 9.88 Å². The van der Waals surface area contributed by atoms with Crippen LogP contribution in [-0.4, -0.2) is 27.6 Å². The van der Waals surface area contributed by atoms with Crippen LogP contribution in [0, 0.1) is 12.7 Å². The predicted molar refractivity (Wildman–Crippen MR) is 108 cm³/mol. The van der Waals surface area contributed by atoms with E-state index in [1.807, 2.05) is 31.2 Å². The van der Waals surface area contributed by atoms with E-state index in [1.165, 1.54) is 12.1 Å². The third-order valence-electron chi connectivity index (χ3n) is 5.57. The standard InChI is InChI=1S/C23H23FN2O3/c1-14-2-4-15(5-3-14)10-22(27)25-17-7-9-21-19(12-17)18-11-16(24)6-8-20(18)26(21)13-23(28)29/h2-6,8,11,17H,7,9-10,12-13H2,1H3,(H,25,27)(H,28,29)/t17-/m1/s1. The smallest absolute Gasteiger partial charge is 0.323 e. The van der Waals surface area contributed by atoms with E-state index in [-0.39, 0.29) is 24.3 Å². The summed E-state index contributed by atoms with van der Waals surface area (Å²) in [6, 6.07) is 12.3. The first kappa shape index (κ1) is 19.2. The second-order valence-corrected chi connectivity index (χ2v) is 7.74. The molecule has 1 aromatic heterocycles. The van der Waals surface area contributed by atoms with Crippen molar-refractivity contribution in [3.05, 3.63) is 70.7 Å². The van der Waals surface area contributed by atoms with Gasteiger partial charge in [-0.25, -0.2) is 4.39 Å². The Morgan fingerprint density at radius 1 is 1.21 bits per heavy atom. The van der Waals surface area contributed by atoms with Crippen LogP contribution in [0.5, 0.6) is 0 Å². The van der Waals surface area contributed by atoms with Gasteiger partial charge in [0.05, 0.1) is 6.42 Å². The van der Waals surface area contributed by atoms with Crippen molar-refractivity contribution in [2.75, 3.05) is 0 Å². The van der Waals surface area contributed by atoms with Gasteiger partial charge in [0.15, 0.2) is 0 Å². The van der Waals surface area contributed by atoms with Gasteiger partial charge in [-0.3, -0.25) is 9.59 Å². The molecule has 1 aliphatic carbocycles. The average molecular weight is 394 g/mol. The summed E-state index contributed by atoms with van der Waals surface area (Å²) >= 11 is 0. The zero-order chi connectivity index (χ0) is 20.5. The highest BCUT2D eigenvalue weighted by Gasteiger charge is 2.27. The molecule has 0 saturated heterocycles. The number of carbonyl (C=O) groups excluding carboxylic acids is 1. The molecule has 1 amide bonds. The monoisotopic (exact) mass is 394 g/mol. The minimum Gasteiger partial charge on any atom is -0.480 e. The topological polar surface area (TPSA) is 71.3 Å². The summed E-state index contributed by atoms with van der Waals surface area (Å²) < 4.78 is 15.6. The van der Waals surface area contributed by atoms with Crippen LogP contribution in [0.1, 0.15) is 28.8 Å². The number of carbonyl (C=O) groups is 2. The first-order valence-corrected chi connectivity index (χ1v) is 9.77. The van der Waals surface area contributed by atoms with Gasteiger partial charge in [0.1, 0.15) is 12.4 Å². The quantitative estimate of drug-likeness (QED) is 0.697. The van der Waals surface area contributed by atoms with Crippen LogP contribution in [0.3, 0.4) is 0 Å². The van der Waals surface area contributed by atoms with E-state index in [0.29, 0.717) is 19.3 Å².